The van der Waals surface area contributed by atoms with E-state index in [1.165, 1.54) is 5.56 Å². The lowest BCUT2D eigenvalue weighted by Gasteiger charge is -2.25. The van der Waals surface area contributed by atoms with E-state index >= 15 is 0 Å². The van der Waals surface area contributed by atoms with E-state index < -0.39 is 5.97 Å². The van der Waals surface area contributed by atoms with E-state index in [4.69, 9.17) is 4.74 Å². The summed E-state index contributed by atoms with van der Waals surface area (Å²) in [6, 6.07) is 4.21. The summed E-state index contributed by atoms with van der Waals surface area (Å²) in [4.78, 5) is 11.2. The van der Waals surface area contributed by atoms with Crippen LogP contribution in [-0.4, -0.2) is 18.2 Å². The summed E-state index contributed by atoms with van der Waals surface area (Å²) in [5.41, 5.74) is 3.45. The predicted molar refractivity (Wildman–Crippen MR) is 79.5 cm³/mol. The zero-order chi connectivity index (χ0) is 14.9. The molecule has 1 aliphatic carbocycles. The lowest BCUT2D eigenvalue weighted by Crippen LogP contribution is -2.13. The van der Waals surface area contributed by atoms with Crippen LogP contribution >= 0.6 is 0 Å². The summed E-state index contributed by atoms with van der Waals surface area (Å²) in [5, 5.41) is 9.24. The molecule has 0 bridgehead atoms. The molecule has 1 saturated carbocycles. The number of carboxylic acids is 1. The van der Waals surface area contributed by atoms with Crippen LogP contribution in [0, 0.1) is 12.8 Å². The molecular weight excluding hydrogens is 252 g/mol. The van der Waals surface area contributed by atoms with Crippen molar-refractivity contribution in [1.82, 2.24) is 0 Å². The van der Waals surface area contributed by atoms with E-state index in [1.807, 2.05) is 6.92 Å². The average molecular weight is 276 g/mol. The molecule has 1 N–H and O–H groups in total. The van der Waals surface area contributed by atoms with Gasteiger partial charge in [-0.05, 0) is 42.7 Å². The number of benzene rings is 1. The number of aryl methyl sites for hydroxylation is 1. The summed E-state index contributed by atoms with van der Waals surface area (Å²) >= 11 is 0. The minimum Gasteiger partial charge on any atom is -0.496 e. The van der Waals surface area contributed by atoms with Gasteiger partial charge in [0.2, 0.25) is 0 Å². The fraction of sp³-hybridized carbons (Fsp3) is 0.588. The molecule has 1 aliphatic rings. The molecule has 0 amide bonds. The Kier molecular flexibility index (Phi) is 4.36. The molecule has 0 spiro atoms. The molecule has 3 nitrogen and oxygen atoms in total. The Morgan fingerprint density at radius 1 is 1.40 bits per heavy atom. The number of hydrogen-bond donors (Lipinski definition) is 1. The normalized spacial score (nSPS) is 16.2. The summed E-state index contributed by atoms with van der Waals surface area (Å²) in [7, 11) is 1.68. The molecule has 0 saturated heterocycles. The number of carbonyl (C=O) groups is 1. The van der Waals surface area contributed by atoms with Gasteiger partial charge in [-0.1, -0.05) is 26.0 Å². The van der Waals surface area contributed by atoms with Crippen molar-refractivity contribution >= 4 is 5.97 Å². The van der Waals surface area contributed by atoms with Crippen molar-refractivity contribution in [3.8, 4) is 5.75 Å². The molecule has 20 heavy (non-hydrogen) atoms. The summed E-state index contributed by atoms with van der Waals surface area (Å²) < 4.78 is 5.61. The second kappa shape index (κ2) is 5.86. The van der Waals surface area contributed by atoms with E-state index in [1.54, 1.807) is 7.11 Å². The Labute approximate surface area is 121 Å². The topological polar surface area (TPSA) is 46.5 Å². The quantitative estimate of drug-likeness (QED) is 0.851. The highest BCUT2D eigenvalue weighted by Gasteiger charge is 2.37. The molecule has 1 unspecified atom stereocenters. The number of hydrogen-bond acceptors (Lipinski definition) is 2. The minimum atomic E-state index is -0.722. The second-order valence-corrected chi connectivity index (χ2v) is 6.12. The van der Waals surface area contributed by atoms with Gasteiger partial charge in [-0.2, -0.15) is 0 Å². The highest BCUT2D eigenvalue weighted by atomic mass is 16.5. The van der Waals surface area contributed by atoms with Crippen molar-refractivity contribution < 1.29 is 14.6 Å². The second-order valence-electron chi connectivity index (χ2n) is 6.12. The van der Waals surface area contributed by atoms with Crippen LogP contribution in [0.2, 0.25) is 0 Å². The molecule has 1 aromatic rings. The molecule has 0 radical (unpaired) electrons. The monoisotopic (exact) mass is 276 g/mol. The Morgan fingerprint density at radius 3 is 2.50 bits per heavy atom. The maximum Gasteiger partial charge on any atom is 0.303 e. The lowest BCUT2D eigenvalue weighted by atomic mass is 9.82. The van der Waals surface area contributed by atoms with Gasteiger partial charge in [-0.3, -0.25) is 4.79 Å². The number of ether oxygens (including phenoxy) is 1. The third-order valence-corrected chi connectivity index (χ3v) is 4.21. The summed E-state index contributed by atoms with van der Waals surface area (Å²) in [6.45, 7) is 6.33. The van der Waals surface area contributed by atoms with Gasteiger partial charge in [-0.15, -0.1) is 0 Å². The van der Waals surface area contributed by atoms with Gasteiger partial charge in [0.1, 0.15) is 5.75 Å². The summed E-state index contributed by atoms with van der Waals surface area (Å²) in [5.74, 6) is 1.11. The number of aliphatic carboxylic acids is 1. The molecule has 3 heteroatoms. The largest absolute Gasteiger partial charge is 0.496 e. The van der Waals surface area contributed by atoms with Gasteiger partial charge in [0.15, 0.2) is 0 Å². The third-order valence-electron chi connectivity index (χ3n) is 4.21. The molecule has 0 aromatic heterocycles. The van der Waals surface area contributed by atoms with E-state index in [2.05, 4.69) is 26.0 Å². The highest BCUT2D eigenvalue weighted by Crippen LogP contribution is 2.49. The SMILES string of the molecule is COc1c(C)ccc(C(C)C)c1C(CC(=O)O)C1CC1. The highest BCUT2D eigenvalue weighted by molar-refractivity contribution is 5.69. The molecule has 2 rings (SSSR count). The fourth-order valence-corrected chi connectivity index (χ4v) is 3.07. The van der Waals surface area contributed by atoms with Crippen LogP contribution in [0.4, 0.5) is 0 Å². The van der Waals surface area contributed by atoms with Crippen molar-refractivity contribution in [2.24, 2.45) is 5.92 Å². The Hall–Kier alpha value is -1.51. The molecule has 0 aliphatic heterocycles. The first-order valence-electron chi connectivity index (χ1n) is 7.34. The zero-order valence-electron chi connectivity index (χ0n) is 12.8. The van der Waals surface area contributed by atoms with Gasteiger partial charge >= 0.3 is 5.97 Å². The average Bonchev–Trinajstić information content (AvgIpc) is 3.19. The van der Waals surface area contributed by atoms with Crippen LogP contribution in [-0.2, 0) is 4.79 Å². The van der Waals surface area contributed by atoms with Crippen molar-refractivity contribution in [2.45, 2.75) is 51.9 Å². The first-order chi connectivity index (χ1) is 9.45. The standard InChI is InChI=1S/C17H24O3/c1-10(2)13-8-5-11(3)17(20-4)16(13)14(9-15(18)19)12-6-7-12/h5,8,10,12,14H,6-7,9H2,1-4H3,(H,18,19). The van der Waals surface area contributed by atoms with Crippen molar-refractivity contribution in [3.05, 3.63) is 28.8 Å². The number of methoxy groups -OCH3 is 1. The predicted octanol–water partition coefficient (Wildman–Crippen LogP) is 4.10. The van der Waals surface area contributed by atoms with E-state index in [0.29, 0.717) is 11.8 Å². The maximum absolute atomic E-state index is 11.2. The number of rotatable bonds is 6. The van der Waals surface area contributed by atoms with Crippen molar-refractivity contribution in [1.29, 1.82) is 0 Å². The van der Waals surface area contributed by atoms with Gasteiger partial charge < -0.3 is 9.84 Å². The lowest BCUT2D eigenvalue weighted by molar-refractivity contribution is -0.137. The van der Waals surface area contributed by atoms with Crippen LogP contribution in [0.15, 0.2) is 12.1 Å². The van der Waals surface area contributed by atoms with E-state index in [-0.39, 0.29) is 12.3 Å². The minimum absolute atomic E-state index is 0.0831. The third kappa shape index (κ3) is 2.97. The molecule has 1 aromatic carbocycles. The summed E-state index contributed by atoms with van der Waals surface area (Å²) in [6.07, 6.45) is 2.46. The Balaban J connectivity index is 2.54. The molecule has 1 fully saturated rings. The maximum atomic E-state index is 11.2. The Morgan fingerprint density at radius 2 is 2.05 bits per heavy atom. The smallest absolute Gasteiger partial charge is 0.303 e. The van der Waals surface area contributed by atoms with Gasteiger partial charge in [0, 0.05) is 11.5 Å². The van der Waals surface area contributed by atoms with Crippen molar-refractivity contribution in [3.63, 3.8) is 0 Å². The zero-order valence-corrected chi connectivity index (χ0v) is 12.8. The van der Waals surface area contributed by atoms with Gasteiger partial charge in [-0.25, -0.2) is 0 Å². The molecule has 0 heterocycles. The Bertz CT molecular complexity index is 501. The van der Waals surface area contributed by atoms with Crippen molar-refractivity contribution in [2.75, 3.05) is 7.11 Å². The van der Waals surface area contributed by atoms with Gasteiger partial charge in [0.25, 0.3) is 0 Å². The first-order valence-corrected chi connectivity index (χ1v) is 7.34. The van der Waals surface area contributed by atoms with E-state index in [0.717, 1.165) is 29.7 Å². The van der Waals surface area contributed by atoms with E-state index in [9.17, 15) is 9.90 Å². The van der Waals surface area contributed by atoms with Gasteiger partial charge in [0.05, 0.1) is 13.5 Å². The van der Waals surface area contributed by atoms with Crippen LogP contribution in [0.3, 0.4) is 0 Å². The first kappa shape index (κ1) is 14.9. The molecule has 1 atom stereocenters. The van der Waals surface area contributed by atoms with Crippen LogP contribution in [0.1, 0.15) is 61.6 Å². The number of carboxylic acid groups (broad SMARTS) is 1. The molecule has 110 valence electrons. The van der Waals surface area contributed by atoms with Crippen LogP contribution in [0.5, 0.6) is 5.75 Å². The van der Waals surface area contributed by atoms with Crippen LogP contribution in [0.25, 0.3) is 0 Å². The molecular formula is C17H24O3. The fourth-order valence-electron chi connectivity index (χ4n) is 3.07. The van der Waals surface area contributed by atoms with Crippen LogP contribution < -0.4 is 4.74 Å².